The van der Waals surface area contributed by atoms with E-state index in [0.29, 0.717) is 0 Å². The minimum Gasteiger partial charge on any atom is -0.314 e. The maximum Gasteiger partial charge on any atom is 0.0551 e. The SMILES string of the molecule is c1ccc(CNSc2cccc(CN3CCNCC3)c2)nc1. The van der Waals surface area contributed by atoms with Crippen LogP contribution in [-0.2, 0) is 13.1 Å². The van der Waals surface area contributed by atoms with E-state index in [-0.39, 0.29) is 0 Å². The largest absolute Gasteiger partial charge is 0.314 e. The topological polar surface area (TPSA) is 40.2 Å². The number of hydrogen-bond acceptors (Lipinski definition) is 5. The standard InChI is InChI=1S/C17H22N4S/c1-2-7-19-16(5-1)13-20-22-17-6-3-4-15(12-17)14-21-10-8-18-9-11-21/h1-7,12,18,20H,8-11,13-14H2. The van der Waals surface area contributed by atoms with E-state index in [2.05, 4.69) is 44.2 Å². The van der Waals surface area contributed by atoms with Crippen LogP contribution in [0.3, 0.4) is 0 Å². The highest BCUT2D eigenvalue weighted by atomic mass is 32.2. The average molecular weight is 314 g/mol. The molecule has 0 spiro atoms. The average Bonchev–Trinajstić information content (AvgIpc) is 2.57. The number of pyridine rings is 1. The molecule has 4 nitrogen and oxygen atoms in total. The Bertz CT molecular complexity index is 570. The van der Waals surface area contributed by atoms with Crippen LogP contribution in [0.2, 0.25) is 0 Å². The first-order chi connectivity index (χ1) is 10.9. The summed E-state index contributed by atoms with van der Waals surface area (Å²) in [6.07, 6.45) is 1.83. The van der Waals surface area contributed by atoms with E-state index < -0.39 is 0 Å². The summed E-state index contributed by atoms with van der Waals surface area (Å²) in [6.45, 7) is 6.27. The number of nitrogens with zero attached hydrogens (tertiary/aromatic N) is 2. The normalized spacial score (nSPS) is 15.8. The van der Waals surface area contributed by atoms with Gasteiger partial charge in [-0.3, -0.25) is 14.6 Å². The van der Waals surface area contributed by atoms with Gasteiger partial charge in [0.25, 0.3) is 0 Å². The Kier molecular flexibility index (Phi) is 5.84. The summed E-state index contributed by atoms with van der Waals surface area (Å²) in [5.41, 5.74) is 2.44. The van der Waals surface area contributed by atoms with E-state index in [9.17, 15) is 0 Å². The molecule has 1 aromatic heterocycles. The molecule has 2 heterocycles. The van der Waals surface area contributed by atoms with Crippen LogP contribution in [0.5, 0.6) is 0 Å². The molecule has 0 amide bonds. The predicted molar refractivity (Wildman–Crippen MR) is 91.5 cm³/mol. The summed E-state index contributed by atoms with van der Waals surface area (Å²) in [7, 11) is 0. The highest BCUT2D eigenvalue weighted by molar-refractivity contribution is 7.97. The molecule has 1 aromatic carbocycles. The third-order valence-corrected chi connectivity index (χ3v) is 4.46. The second kappa shape index (κ2) is 8.29. The summed E-state index contributed by atoms with van der Waals surface area (Å²) in [6, 6.07) is 14.8. The molecule has 2 aromatic rings. The summed E-state index contributed by atoms with van der Waals surface area (Å²) >= 11 is 1.67. The van der Waals surface area contributed by atoms with Crippen LogP contribution in [0.15, 0.2) is 53.6 Å². The van der Waals surface area contributed by atoms with Gasteiger partial charge < -0.3 is 5.32 Å². The van der Waals surface area contributed by atoms with Crippen LogP contribution in [0.25, 0.3) is 0 Å². The highest BCUT2D eigenvalue weighted by Crippen LogP contribution is 2.18. The van der Waals surface area contributed by atoms with Gasteiger partial charge in [0.15, 0.2) is 0 Å². The number of hydrogen-bond donors (Lipinski definition) is 2. The molecular formula is C17H22N4S. The summed E-state index contributed by atoms with van der Waals surface area (Å²) in [5.74, 6) is 0. The van der Waals surface area contributed by atoms with Crippen molar-refractivity contribution in [1.82, 2.24) is 19.9 Å². The number of aromatic nitrogens is 1. The summed E-state index contributed by atoms with van der Waals surface area (Å²) in [5, 5.41) is 3.39. The van der Waals surface area contributed by atoms with Crippen molar-refractivity contribution in [3.05, 3.63) is 59.9 Å². The first kappa shape index (κ1) is 15.5. The molecule has 1 fully saturated rings. The molecule has 1 aliphatic rings. The van der Waals surface area contributed by atoms with Crippen molar-refractivity contribution in [3.63, 3.8) is 0 Å². The molecule has 0 atom stereocenters. The lowest BCUT2D eigenvalue weighted by Crippen LogP contribution is -2.42. The highest BCUT2D eigenvalue weighted by Gasteiger charge is 2.09. The Balaban J connectivity index is 1.50. The molecular weight excluding hydrogens is 292 g/mol. The maximum atomic E-state index is 4.32. The minimum atomic E-state index is 0.771. The molecule has 0 unspecified atom stereocenters. The molecule has 0 bridgehead atoms. The Morgan fingerprint density at radius 1 is 1.14 bits per heavy atom. The lowest BCUT2D eigenvalue weighted by Gasteiger charge is -2.27. The zero-order valence-electron chi connectivity index (χ0n) is 12.7. The van der Waals surface area contributed by atoms with Crippen molar-refractivity contribution in [2.45, 2.75) is 18.0 Å². The smallest absolute Gasteiger partial charge is 0.0551 e. The third-order valence-electron chi connectivity index (χ3n) is 3.68. The van der Waals surface area contributed by atoms with Crippen molar-refractivity contribution in [2.24, 2.45) is 0 Å². The van der Waals surface area contributed by atoms with Gasteiger partial charge in [-0.1, -0.05) is 18.2 Å². The minimum absolute atomic E-state index is 0.771. The van der Waals surface area contributed by atoms with Crippen LogP contribution in [0.4, 0.5) is 0 Å². The molecule has 5 heteroatoms. The number of nitrogens with one attached hydrogen (secondary N) is 2. The Labute approximate surface area is 136 Å². The van der Waals surface area contributed by atoms with E-state index >= 15 is 0 Å². The fourth-order valence-electron chi connectivity index (χ4n) is 2.53. The second-order valence-electron chi connectivity index (χ2n) is 5.42. The summed E-state index contributed by atoms with van der Waals surface area (Å²) in [4.78, 5) is 8.07. The first-order valence-corrected chi connectivity index (χ1v) is 8.53. The van der Waals surface area contributed by atoms with Crippen LogP contribution >= 0.6 is 11.9 Å². The lowest BCUT2D eigenvalue weighted by molar-refractivity contribution is 0.233. The van der Waals surface area contributed by atoms with Crippen LogP contribution < -0.4 is 10.0 Å². The zero-order valence-corrected chi connectivity index (χ0v) is 13.5. The van der Waals surface area contributed by atoms with Crippen molar-refractivity contribution in [2.75, 3.05) is 26.2 Å². The van der Waals surface area contributed by atoms with Gasteiger partial charge >= 0.3 is 0 Å². The van der Waals surface area contributed by atoms with Gasteiger partial charge in [-0.15, -0.1) is 0 Å². The van der Waals surface area contributed by atoms with E-state index in [1.807, 2.05) is 24.4 Å². The molecule has 22 heavy (non-hydrogen) atoms. The van der Waals surface area contributed by atoms with Crippen LogP contribution in [-0.4, -0.2) is 36.1 Å². The van der Waals surface area contributed by atoms with Crippen molar-refractivity contribution >= 4 is 11.9 Å². The zero-order chi connectivity index (χ0) is 15.0. The summed E-state index contributed by atoms with van der Waals surface area (Å²) < 4.78 is 3.38. The monoisotopic (exact) mass is 314 g/mol. The second-order valence-corrected chi connectivity index (χ2v) is 6.38. The van der Waals surface area contributed by atoms with Gasteiger partial charge in [-0.05, 0) is 41.8 Å². The van der Waals surface area contributed by atoms with E-state index in [1.54, 1.807) is 11.9 Å². The fourth-order valence-corrected chi connectivity index (χ4v) is 3.27. The van der Waals surface area contributed by atoms with Gasteiger partial charge in [0, 0.05) is 50.4 Å². The predicted octanol–water partition coefficient (Wildman–Crippen LogP) is 2.28. The number of benzene rings is 1. The number of piperazine rings is 1. The van der Waals surface area contributed by atoms with Gasteiger partial charge in [-0.2, -0.15) is 0 Å². The van der Waals surface area contributed by atoms with Crippen LogP contribution in [0.1, 0.15) is 11.3 Å². The van der Waals surface area contributed by atoms with Gasteiger partial charge in [0.1, 0.15) is 0 Å². The van der Waals surface area contributed by atoms with E-state index in [0.717, 1.165) is 45.0 Å². The van der Waals surface area contributed by atoms with Crippen molar-refractivity contribution in [1.29, 1.82) is 0 Å². The quantitative estimate of drug-likeness (QED) is 0.801. The molecule has 0 saturated carbocycles. The molecule has 0 radical (unpaired) electrons. The lowest BCUT2D eigenvalue weighted by atomic mass is 10.2. The number of rotatable bonds is 6. The van der Waals surface area contributed by atoms with Crippen molar-refractivity contribution in [3.8, 4) is 0 Å². The Morgan fingerprint density at radius 3 is 2.86 bits per heavy atom. The Hall–Kier alpha value is -1.40. The molecule has 1 saturated heterocycles. The molecule has 1 aliphatic heterocycles. The van der Waals surface area contributed by atoms with Gasteiger partial charge in [0.05, 0.1) is 5.69 Å². The van der Waals surface area contributed by atoms with E-state index in [4.69, 9.17) is 0 Å². The molecule has 116 valence electrons. The van der Waals surface area contributed by atoms with Crippen LogP contribution in [0, 0.1) is 0 Å². The van der Waals surface area contributed by atoms with Gasteiger partial charge in [0.2, 0.25) is 0 Å². The fraction of sp³-hybridized carbons (Fsp3) is 0.353. The molecule has 0 aliphatic carbocycles. The Morgan fingerprint density at radius 2 is 2.05 bits per heavy atom. The molecule has 2 N–H and O–H groups in total. The third kappa shape index (κ3) is 4.81. The first-order valence-electron chi connectivity index (χ1n) is 7.72. The maximum absolute atomic E-state index is 4.32. The van der Waals surface area contributed by atoms with Gasteiger partial charge in [-0.25, -0.2) is 0 Å². The van der Waals surface area contributed by atoms with E-state index in [1.165, 1.54) is 10.5 Å². The molecule has 3 rings (SSSR count). The van der Waals surface area contributed by atoms with Crippen molar-refractivity contribution < 1.29 is 0 Å².